The number of fused-ring (bicyclic) bond motifs is 5. The molecule has 3 heteroatoms. The van der Waals surface area contributed by atoms with E-state index in [-0.39, 0.29) is 22.5 Å². The van der Waals surface area contributed by atoms with Crippen LogP contribution in [-0.2, 0) is 9.59 Å². The molecule has 0 aliphatic heterocycles. The minimum Gasteiger partial charge on any atom is -0.381 e. The van der Waals surface area contributed by atoms with Gasteiger partial charge in [0.1, 0.15) is 11.4 Å². The molecule has 0 heterocycles. The summed E-state index contributed by atoms with van der Waals surface area (Å²) >= 11 is 0. The van der Waals surface area contributed by atoms with Gasteiger partial charge >= 0.3 is 0 Å². The van der Waals surface area contributed by atoms with E-state index in [1.807, 2.05) is 0 Å². The zero-order valence-corrected chi connectivity index (χ0v) is 15.0. The van der Waals surface area contributed by atoms with Gasteiger partial charge in [0.2, 0.25) is 0 Å². The lowest BCUT2D eigenvalue weighted by Crippen LogP contribution is -2.54. The van der Waals surface area contributed by atoms with Crippen LogP contribution >= 0.6 is 0 Å². The first-order valence-electron chi connectivity index (χ1n) is 9.39. The van der Waals surface area contributed by atoms with Crippen LogP contribution in [0.4, 0.5) is 0 Å². The quantitative estimate of drug-likeness (QED) is 0.797. The summed E-state index contributed by atoms with van der Waals surface area (Å²) in [6.45, 7) is 5.99. The summed E-state index contributed by atoms with van der Waals surface area (Å²) in [5, 5.41) is 11.1. The average Bonchev–Trinajstić information content (AvgIpc) is 2.81. The second-order valence-corrected chi connectivity index (χ2v) is 9.01. The van der Waals surface area contributed by atoms with Crippen molar-refractivity contribution < 1.29 is 14.7 Å². The summed E-state index contributed by atoms with van der Waals surface area (Å²) in [7, 11) is 0. The summed E-state index contributed by atoms with van der Waals surface area (Å²) < 4.78 is 0. The maximum Gasteiger partial charge on any atom is 0.161 e. The summed E-state index contributed by atoms with van der Waals surface area (Å²) in [5.41, 5.74) is 1.32. The molecule has 3 fully saturated rings. The number of rotatable bonds is 1. The molecule has 4 aliphatic carbocycles. The van der Waals surface area contributed by atoms with Crippen molar-refractivity contribution in [1.82, 2.24) is 0 Å². The molecule has 0 spiro atoms. The molecule has 1 N–H and O–H groups in total. The molecule has 4 aliphatic rings. The lowest BCUT2D eigenvalue weighted by atomic mass is 9.50. The van der Waals surface area contributed by atoms with Crippen LogP contribution in [0, 0.1) is 22.7 Å². The number of carbonyl (C=O) groups is 2. The molecular formula is C21H28O3. The summed E-state index contributed by atoms with van der Waals surface area (Å²) in [6.07, 6.45) is 10.0. The van der Waals surface area contributed by atoms with E-state index < -0.39 is 5.60 Å². The Morgan fingerprint density at radius 2 is 1.83 bits per heavy atom. The highest BCUT2D eigenvalue weighted by atomic mass is 16.3. The van der Waals surface area contributed by atoms with Gasteiger partial charge in [0, 0.05) is 18.3 Å². The normalized spacial score (nSPS) is 47.2. The van der Waals surface area contributed by atoms with E-state index in [2.05, 4.69) is 26.0 Å². The molecule has 2 unspecified atom stereocenters. The largest absolute Gasteiger partial charge is 0.381 e. The van der Waals surface area contributed by atoms with Crippen molar-refractivity contribution in [3.8, 4) is 0 Å². The Kier molecular flexibility index (Phi) is 3.32. The van der Waals surface area contributed by atoms with Crippen LogP contribution < -0.4 is 0 Å². The number of hydrogen-bond acceptors (Lipinski definition) is 3. The van der Waals surface area contributed by atoms with Gasteiger partial charge < -0.3 is 5.11 Å². The first-order chi connectivity index (χ1) is 11.2. The molecule has 0 aromatic rings. The maximum absolute atomic E-state index is 12.2. The lowest BCUT2D eigenvalue weighted by molar-refractivity contribution is -0.151. The third kappa shape index (κ3) is 1.82. The number of hydrogen-bond donors (Lipinski definition) is 1. The van der Waals surface area contributed by atoms with E-state index in [0.717, 1.165) is 25.7 Å². The summed E-state index contributed by atoms with van der Waals surface area (Å²) in [4.78, 5) is 24.1. The standard InChI is InChI=1S/C21H28O3/c1-13(22)21(24)11-8-18-16-5-4-14-12-15(23)6-9-19(14,2)17(16)7-10-20(18,21)3/h4-5,17-18,24H,6-12H2,1-3H3/t17?,18?,19-,20-,21-/m0/s1. The highest BCUT2D eigenvalue weighted by Gasteiger charge is 2.63. The fraction of sp³-hybridized carbons (Fsp3) is 0.714. The van der Waals surface area contributed by atoms with Gasteiger partial charge in [-0.25, -0.2) is 0 Å². The predicted molar refractivity (Wildman–Crippen MR) is 92.3 cm³/mol. The van der Waals surface area contributed by atoms with Crippen molar-refractivity contribution in [2.75, 3.05) is 0 Å². The van der Waals surface area contributed by atoms with Crippen LogP contribution in [0.2, 0.25) is 0 Å². The topological polar surface area (TPSA) is 54.4 Å². The Morgan fingerprint density at radius 3 is 2.54 bits per heavy atom. The van der Waals surface area contributed by atoms with Gasteiger partial charge in [-0.1, -0.05) is 37.1 Å². The molecule has 4 rings (SSSR count). The number of allylic oxidation sites excluding steroid dienone is 4. The number of ketones is 2. The molecule has 0 aromatic carbocycles. The Morgan fingerprint density at radius 1 is 1.12 bits per heavy atom. The number of aliphatic hydroxyl groups is 1. The van der Waals surface area contributed by atoms with Crippen LogP contribution in [0.1, 0.15) is 65.7 Å². The molecule has 5 atom stereocenters. The van der Waals surface area contributed by atoms with Gasteiger partial charge in [-0.15, -0.1) is 0 Å². The molecule has 0 radical (unpaired) electrons. The van der Waals surface area contributed by atoms with E-state index in [9.17, 15) is 14.7 Å². The molecule has 0 amide bonds. The van der Waals surface area contributed by atoms with Crippen LogP contribution in [0.15, 0.2) is 23.3 Å². The van der Waals surface area contributed by atoms with Gasteiger partial charge in [-0.2, -0.15) is 0 Å². The average molecular weight is 328 g/mol. The monoisotopic (exact) mass is 328 g/mol. The zero-order valence-electron chi connectivity index (χ0n) is 15.0. The SMILES string of the molecule is CC(=O)[C@@]1(O)CCC2C3=CC=C4CC(=O)CC[C@]4(C)C3CC[C@@]21C. The molecule has 130 valence electrons. The van der Waals surface area contributed by atoms with Crippen LogP contribution in [-0.4, -0.2) is 22.3 Å². The molecule has 0 saturated heterocycles. The van der Waals surface area contributed by atoms with Crippen LogP contribution in [0.25, 0.3) is 0 Å². The van der Waals surface area contributed by atoms with E-state index in [4.69, 9.17) is 0 Å². The highest BCUT2D eigenvalue weighted by molar-refractivity contribution is 5.86. The molecule has 0 aromatic heterocycles. The minimum atomic E-state index is -1.17. The van der Waals surface area contributed by atoms with Crippen molar-refractivity contribution in [3.05, 3.63) is 23.3 Å². The minimum absolute atomic E-state index is 0.0759. The highest BCUT2D eigenvalue weighted by Crippen LogP contribution is 2.65. The van der Waals surface area contributed by atoms with Gasteiger partial charge in [0.05, 0.1) is 0 Å². The van der Waals surface area contributed by atoms with Crippen molar-refractivity contribution in [1.29, 1.82) is 0 Å². The van der Waals surface area contributed by atoms with Gasteiger partial charge in [0.15, 0.2) is 5.78 Å². The van der Waals surface area contributed by atoms with Gasteiger partial charge in [-0.05, 0) is 56.3 Å². The maximum atomic E-state index is 12.2. The molecule has 24 heavy (non-hydrogen) atoms. The van der Waals surface area contributed by atoms with E-state index >= 15 is 0 Å². The number of Topliss-reactive ketones (excluding diaryl/α,β-unsaturated/α-hetero) is 2. The fourth-order valence-electron chi connectivity index (χ4n) is 6.42. The molecule has 3 saturated carbocycles. The summed E-state index contributed by atoms with van der Waals surface area (Å²) in [5.74, 6) is 1.05. The fourth-order valence-corrected chi connectivity index (χ4v) is 6.42. The Hall–Kier alpha value is -1.22. The van der Waals surface area contributed by atoms with E-state index in [0.29, 0.717) is 31.0 Å². The van der Waals surface area contributed by atoms with Crippen molar-refractivity contribution in [2.45, 2.75) is 71.3 Å². The molecule has 3 nitrogen and oxygen atoms in total. The molecular weight excluding hydrogens is 300 g/mol. The second-order valence-electron chi connectivity index (χ2n) is 9.01. The Balaban J connectivity index is 1.76. The number of carbonyl (C=O) groups excluding carboxylic acids is 2. The van der Waals surface area contributed by atoms with Crippen LogP contribution in [0.5, 0.6) is 0 Å². The predicted octanol–water partition coefficient (Wildman–Crippen LogP) is 3.76. The Labute approximate surface area is 144 Å². The van der Waals surface area contributed by atoms with E-state index in [1.165, 1.54) is 11.1 Å². The van der Waals surface area contributed by atoms with Crippen molar-refractivity contribution in [3.63, 3.8) is 0 Å². The lowest BCUT2D eigenvalue weighted by Gasteiger charge is -2.55. The zero-order chi connectivity index (χ0) is 17.3. The first-order valence-corrected chi connectivity index (χ1v) is 9.39. The third-order valence-corrected chi connectivity index (χ3v) is 8.14. The smallest absolute Gasteiger partial charge is 0.161 e. The van der Waals surface area contributed by atoms with Gasteiger partial charge in [-0.3, -0.25) is 9.59 Å². The second kappa shape index (κ2) is 4.91. The summed E-state index contributed by atoms with van der Waals surface area (Å²) in [6, 6.07) is 0. The van der Waals surface area contributed by atoms with Crippen molar-refractivity contribution >= 4 is 11.6 Å². The van der Waals surface area contributed by atoms with Crippen molar-refractivity contribution in [2.24, 2.45) is 22.7 Å². The Bertz CT molecular complexity index is 687. The van der Waals surface area contributed by atoms with Crippen LogP contribution in [0.3, 0.4) is 0 Å². The third-order valence-electron chi connectivity index (χ3n) is 8.14. The van der Waals surface area contributed by atoms with E-state index in [1.54, 1.807) is 6.92 Å². The first kappa shape index (κ1) is 16.3. The molecule has 0 bridgehead atoms. The van der Waals surface area contributed by atoms with Gasteiger partial charge in [0.25, 0.3) is 0 Å².